The van der Waals surface area contributed by atoms with E-state index in [0.29, 0.717) is 17.1 Å². The van der Waals surface area contributed by atoms with Gasteiger partial charge in [-0.05, 0) is 19.1 Å². The summed E-state index contributed by atoms with van der Waals surface area (Å²) in [7, 11) is 6.41. The molecule has 0 unspecified atom stereocenters. The first-order valence-electron chi connectivity index (χ1n) is 4.44. The van der Waals surface area contributed by atoms with Gasteiger partial charge in [0.2, 0.25) is 0 Å². The monoisotopic (exact) mass is 208 g/mol. The summed E-state index contributed by atoms with van der Waals surface area (Å²) >= 11 is 0. The molecule has 0 heterocycles. The summed E-state index contributed by atoms with van der Waals surface area (Å²) in [6.07, 6.45) is 0. The van der Waals surface area contributed by atoms with E-state index in [0.717, 1.165) is 5.56 Å². The minimum atomic E-state index is -0.272. The second-order valence-electron chi connectivity index (χ2n) is 3.01. The fraction of sp³-hybridized carbons (Fsp3) is 0.273. The van der Waals surface area contributed by atoms with E-state index >= 15 is 0 Å². The molecular formula is C11H14NO3. The highest BCUT2D eigenvalue weighted by Gasteiger charge is 2.12. The van der Waals surface area contributed by atoms with Crippen molar-refractivity contribution in [1.29, 1.82) is 0 Å². The van der Waals surface area contributed by atoms with E-state index in [1.165, 1.54) is 0 Å². The number of amides is 1. The standard InChI is InChI=1S/C11H14NO3/c1-7-9(14-3)5-8(11(13)12-2)6-10(7)15-4/h5-6H,2H2,1,3-4H3,(H,12,13). The fourth-order valence-electron chi connectivity index (χ4n) is 1.32. The number of methoxy groups -OCH3 is 2. The Morgan fingerprint density at radius 2 is 1.73 bits per heavy atom. The molecule has 1 amide bonds. The van der Waals surface area contributed by atoms with Crippen molar-refractivity contribution in [2.24, 2.45) is 0 Å². The topological polar surface area (TPSA) is 47.6 Å². The van der Waals surface area contributed by atoms with Gasteiger partial charge >= 0.3 is 0 Å². The SMILES string of the molecule is [CH2]NC(=O)c1cc(OC)c(C)c(OC)c1. The molecule has 1 aromatic carbocycles. The number of nitrogens with one attached hydrogen (secondary N) is 1. The summed E-state index contributed by atoms with van der Waals surface area (Å²) in [6, 6.07) is 3.30. The molecule has 0 saturated carbocycles. The molecule has 0 aliphatic carbocycles. The van der Waals surface area contributed by atoms with Crippen LogP contribution >= 0.6 is 0 Å². The van der Waals surface area contributed by atoms with Crippen LogP contribution in [0.1, 0.15) is 15.9 Å². The van der Waals surface area contributed by atoms with Gasteiger partial charge in [-0.25, -0.2) is 0 Å². The van der Waals surface area contributed by atoms with Gasteiger partial charge in [-0.1, -0.05) is 0 Å². The van der Waals surface area contributed by atoms with Crippen molar-refractivity contribution in [2.45, 2.75) is 6.92 Å². The zero-order valence-electron chi connectivity index (χ0n) is 9.09. The van der Waals surface area contributed by atoms with Crippen LogP contribution in [0.3, 0.4) is 0 Å². The minimum absolute atomic E-state index is 0.272. The Balaban J connectivity index is 3.26. The molecule has 0 aliphatic heterocycles. The Hall–Kier alpha value is -1.71. The van der Waals surface area contributed by atoms with Gasteiger partial charge in [0.1, 0.15) is 11.5 Å². The molecule has 0 aromatic heterocycles. The number of hydrogen-bond donors (Lipinski definition) is 1. The summed E-state index contributed by atoms with van der Waals surface area (Å²) in [5, 5.41) is 2.30. The van der Waals surface area contributed by atoms with Gasteiger partial charge in [0.05, 0.1) is 14.2 Å². The summed E-state index contributed by atoms with van der Waals surface area (Å²) in [4.78, 5) is 11.4. The van der Waals surface area contributed by atoms with Crippen LogP contribution in [0.4, 0.5) is 0 Å². The predicted octanol–water partition coefficient (Wildman–Crippen LogP) is 1.53. The summed E-state index contributed by atoms with van der Waals surface area (Å²) in [5.74, 6) is 0.965. The normalized spacial score (nSPS) is 9.60. The zero-order chi connectivity index (χ0) is 11.4. The van der Waals surface area contributed by atoms with Crippen LogP contribution in [0.2, 0.25) is 0 Å². The highest BCUT2D eigenvalue weighted by Crippen LogP contribution is 2.29. The molecule has 1 aromatic rings. The lowest BCUT2D eigenvalue weighted by Crippen LogP contribution is -2.15. The lowest BCUT2D eigenvalue weighted by molar-refractivity contribution is 0.0968. The maximum absolute atomic E-state index is 11.4. The van der Waals surface area contributed by atoms with Crippen LogP contribution in [0, 0.1) is 14.0 Å². The molecule has 81 valence electrons. The van der Waals surface area contributed by atoms with Gasteiger partial charge in [-0.15, -0.1) is 0 Å². The van der Waals surface area contributed by atoms with E-state index in [1.54, 1.807) is 26.4 Å². The zero-order valence-corrected chi connectivity index (χ0v) is 9.09. The van der Waals surface area contributed by atoms with Gasteiger partial charge < -0.3 is 14.8 Å². The van der Waals surface area contributed by atoms with Crippen molar-refractivity contribution in [3.05, 3.63) is 30.3 Å². The molecule has 1 rings (SSSR count). The number of rotatable bonds is 3. The first-order valence-corrected chi connectivity index (χ1v) is 4.44. The number of benzene rings is 1. The smallest absolute Gasteiger partial charge is 0.251 e. The number of hydrogen-bond acceptors (Lipinski definition) is 3. The Morgan fingerprint density at radius 3 is 2.07 bits per heavy atom. The molecule has 4 nitrogen and oxygen atoms in total. The molecule has 4 heteroatoms. The average Bonchev–Trinajstić information content (AvgIpc) is 2.28. The van der Waals surface area contributed by atoms with Crippen LogP contribution in [0.25, 0.3) is 0 Å². The van der Waals surface area contributed by atoms with Crippen molar-refractivity contribution in [1.82, 2.24) is 5.32 Å². The van der Waals surface area contributed by atoms with Crippen molar-refractivity contribution in [3.63, 3.8) is 0 Å². The van der Waals surface area contributed by atoms with E-state index in [4.69, 9.17) is 9.47 Å². The first-order chi connectivity index (χ1) is 7.13. The van der Waals surface area contributed by atoms with Gasteiger partial charge in [0.15, 0.2) is 0 Å². The van der Waals surface area contributed by atoms with Crippen LogP contribution in [-0.4, -0.2) is 20.1 Å². The Bertz CT molecular complexity index is 349. The third-order valence-electron chi connectivity index (χ3n) is 2.17. The maximum atomic E-state index is 11.4. The fourth-order valence-corrected chi connectivity index (χ4v) is 1.32. The van der Waals surface area contributed by atoms with Crippen LogP contribution in [0.5, 0.6) is 11.5 Å². The maximum Gasteiger partial charge on any atom is 0.251 e. The molecule has 0 atom stereocenters. The molecule has 1 N–H and O–H groups in total. The van der Waals surface area contributed by atoms with E-state index < -0.39 is 0 Å². The van der Waals surface area contributed by atoms with E-state index in [9.17, 15) is 4.79 Å². The van der Waals surface area contributed by atoms with Crippen molar-refractivity contribution < 1.29 is 14.3 Å². The van der Waals surface area contributed by atoms with Crippen LogP contribution in [0.15, 0.2) is 12.1 Å². The predicted molar refractivity (Wildman–Crippen MR) is 57.1 cm³/mol. The van der Waals surface area contributed by atoms with Gasteiger partial charge in [0.25, 0.3) is 5.91 Å². The number of carbonyl (C=O) groups is 1. The third kappa shape index (κ3) is 2.21. The molecule has 0 fully saturated rings. The molecule has 15 heavy (non-hydrogen) atoms. The molecule has 0 spiro atoms. The second kappa shape index (κ2) is 4.68. The van der Waals surface area contributed by atoms with Crippen molar-refractivity contribution in [3.8, 4) is 11.5 Å². The lowest BCUT2D eigenvalue weighted by Gasteiger charge is -2.11. The van der Waals surface area contributed by atoms with Gasteiger partial charge in [-0.3, -0.25) is 4.79 Å². The van der Waals surface area contributed by atoms with Crippen LogP contribution < -0.4 is 14.8 Å². The summed E-state index contributed by atoms with van der Waals surface area (Å²) in [6.45, 7) is 1.86. The molecule has 1 radical (unpaired) electrons. The number of carbonyl (C=O) groups excluding carboxylic acids is 1. The Morgan fingerprint density at radius 1 is 1.27 bits per heavy atom. The van der Waals surface area contributed by atoms with Crippen molar-refractivity contribution in [2.75, 3.05) is 14.2 Å². The van der Waals surface area contributed by atoms with Gasteiger partial charge in [-0.2, -0.15) is 0 Å². The highest BCUT2D eigenvalue weighted by atomic mass is 16.5. The highest BCUT2D eigenvalue weighted by molar-refractivity contribution is 5.95. The van der Waals surface area contributed by atoms with E-state index in [-0.39, 0.29) is 5.91 Å². The number of ether oxygens (including phenoxy) is 2. The minimum Gasteiger partial charge on any atom is -0.496 e. The van der Waals surface area contributed by atoms with Crippen molar-refractivity contribution >= 4 is 5.91 Å². The second-order valence-corrected chi connectivity index (χ2v) is 3.01. The van der Waals surface area contributed by atoms with Crippen LogP contribution in [-0.2, 0) is 0 Å². The lowest BCUT2D eigenvalue weighted by atomic mass is 10.1. The molecule has 0 aliphatic rings. The van der Waals surface area contributed by atoms with E-state index in [2.05, 4.69) is 12.4 Å². The first kappa shape index (κ1) is 11.4. The summed E-state index contributed by atoms with van der Waals surface area (Å²) < 4.78 is 10.3. The molecular weight excluding hydrogens is 194 g/mol. The Kier molecular flexibility index (Phi) is 3.55. The quantitative estimate of drug-likeness (QED) is 0.819. The summed E-state index contributed by atoms with van der Waals surface area (Å²) in [5.41, 5.74) is 1.32. The van der Waals surface area contributed by atoms with E-state index in [1.807, 2.05) is 6.92 Å². The average molecular weight is 208 g/mol. The third-order valence-corrected chi connectivity index (χ3v) is 2.17. The molecule has 0 saturated heterocycles. The van der Waals surface area contributed by atoms with Gasteiger partial charge in [0, 0.05) is 18.2 Å². The molecule has 0 bridgehead atoms. The Labute approximate surface area is 89.2 Å². The largest absolute Gasteiger partial charge is 0.496 e.